The Bertz CT molecular complexity index is 711. The van der Waals surface area contributed by atoms with Crippen molar-refractivity contribution in [2.75, 3.05) is 0 Å². The molecule has 3 nitrogen and oxygen atoms in total. The Kier molecular flexibility index (Phi) is 6.87. The molecule has 0 saturated heterocycles. The van der Waals surface area contributed by atoms with Gasteiger partial charge in [-0.05, 0) is 23.8 Å². The molecular formula is C21H22O3. The largest absolute Gasteiger partial charge is 0.507 e. The van der Waals surface area contributed by atoms with Crippen LogP contribution in [0.2, 0.25) is 0 Å². The third-order valence-corrected chi connectivity index (χ3v) is 3.35. The third-order valence-electron chi connectivity index (χ3n) is 3.35. The zero-order valence-electron chi connectivity index (χ0n) is 13.7. The van der Waals surface area contributed by atoms with Gasteiger partial charge < -0.3 is 14.9 Å². The van der Waals surface area contributed by atoms with Gasteiger partial charge in [-0.2, -0.15) is 0 Å². The Morgan fingerprint density at radius 2 is 1.33 bits per heavy atom. The highest BCUT2D eigenvalue weighted by molar-refractivity contribution is 5.69. The van der Waals surface area contributed by atoms with Crippen molar-refractivity contribution in [3.63, 3.8) is 0 Å². The maximum absolute atomic E-state index is 9.56. The van der Waals surface area contributed by atoms with Crippen molar-refractivity contribution < 1.29 is 14.9 Å². The number of aliphatic hydroxyl groups excluding tert-OH is 1. The van der Waals surface area contributed by atoms with Gasteiger partial charge in [0.2, 0.25) is 0 Å². The Balaban J connectivity index is 0.000000177. The molecule has 24 heavy (non-hydrogen) atoms. The van der Waals surface area contributed by atoms with E-state index in [0.29, 0.717) is 17.9 Å². The second-order valence-electron chi connectivity index (χ2n) is 5.18. The number of phenolic OH excluding ortho intramolecular Hbond substituents is 1. The zero-order chi connectivity index (χ0) is 17.2. The van der Waals surface area contributed by atoms with Crippen LogP contribution in [0.1, 0.15) is 13.3 Å². The number of para-hydroxylation sites is 2. The van der Waals surface area contributed by atoms with Crippen LogP contribution in [0.25, 0.3) is 11.1 Å². The second kappa shape index (κ2) is 9.38. The Labute approximate surface area is 142 Å². The molecule has 0 bridgehead atoms. The number of hydrogen-bond donors (Lipinski definition) is 2. The summed E-state index contributed by atoms with van der Waals surface area (Å²) in [5, 5.41) is 18.7. The van der Waals surface area contributed by atoms with Crippen LogP contribution in [-0.4, -0.2) is 16.5 Å². The molecule has 3 aromatic carbocycles. The van der Waals surface area contributed by atoms with Crippen LogP contribution in [-0.2, 0) is 0 Å². The molecule has 3 aromatic rings. The van der Waals surface area contributed by atoms with E-state index >= 15 is 0 Å². The van der Waals surface area contributed by atoms with E-state index in [2.05, 4.69) is 0 Å². The predicted molar refractivity (Wildman–Crippen MR) is 96.9 cm³/mol. The van der Waals surface area contributed by atoms with Crippen molar-refractivity contribution in [2.45, 2.75) is 19.6 Å². The minimum atomic E-state index is -0.683. The van der Waals surface area contributed by atoms with E-state index in [1.54, 1.807) is 6.07 Å². The molecule has 0 aliphatic heterocycles. The fourth-order valence-corrected chi connectivity index (χ4v) is 2.07. The van der Waals surface area contributed by atoms with Gasteiger partial charge in [-0.3, -0.25) is 0 Å². The molecule has 0 radical (unpaired) electrons. The molecule has 0 amide bonds. The molecule has 0 heterocycles. The SMILES string of the molecule is CCC(O)Oc1ccccc1.Oc1ccccc1-c1ccccc1. The van der Waals surface area contributed by atoms with Gasteiger partial charge in [0.05, 0.1) is 0 Å². The lowest BCUT2D eigenvalue weighted by molar-refractivity contribution is -0.0191. The standard InChI is InChI=1S/C12H10O.C9H12O2/c13-12-9-5-4-8-11(12)10-6-2-1-3-7-10;1-2-9(10)11-8-6-4-3-5-7-8/h1-9,13H;3-7,9-10H,2H2,1H3. The van der Waals surface area contributed by atoms with E-state index in [0.717, 1.165) is 11.1 Å². The highest BCUT2D eigenvalue weighted by Gasteiger charge is 2.00. The van der Waals surface area contributed by atoms with E-state index in [-0.39, 0.29) is 0 Å². The van der Waals surface area contributed by atoms with Gasteiger partial charge in [0.25, 0.3) is 0 Å². The molecule has 3 rings (SSSR count). The van der Waals surface area contributed by atoms with Crippen LogP contribution in [0.3, 0.4) is 0 Å². The van der Waals surface area contributed by atoms with E-state index in [1.807, 2.05) is 85.8 Å². The van der Waals surface area contributed by atoms with Gasteiger partial charge >= 0.3 is 0 Å². The molecule has 0 aromatic heterocycles. The molecule has 0 fully saturated rings. The lowest BCUT2D eigenvalue weighted by atomic mass is 10.1. The molecule has 0 aliphatic carbocycles. The van der Waals surface area contributed by atoms with Gasteiger partial charge in [0.1, 0.15) is 11.5 Å². The molecule has 0 aliphatic rings. The first-order valence-electron chi connectivity index (χ1n) is 7.94. The monoisotopic (exact) mass is 322 g/mol. The molecule has 1 unspecified atom stereocenters. The molecule has 3 heteroatoms. The summed E-state index contributed by atoms with van der Waals surface area (Å²) in [6, 6.07) is 26.5. The number of hydrogen-bond acceptors (Lipinski definition) is 3. The van der Waals surface area contributed by atoms with Gasteiger partial charge in [-0.1, -0.05) is 73.7 Å². The van der Waals surface area contributed by atoms with Crippen molar-refractivity contribution >= 4 is 0 Å². The van der Waals surface area contributed by atoms with Crippen LogP contribution >= 0.6 is 0 Å². The average Bonchev–Trinajstić information content (AvgIpc) is 2.64. The van der Waals surface area contributed by atoms with Crippen LogP contribution < -0.4 is 4.74 Å². The van der Waals surface area contributed by atoms with E-state index in [1.165, 1.54) is 0 Å². The molecule has 1 atom stereocenters. The summed E-state index contributed by atoms with van der Waals surface area (Å²) in [5.74, 6) is 1.04. The fraction of sp³-hybridized carbons (Fsp3) is 0.143. The highest BCUT2D eigenvalue weighted by Crippen LogP contribution is 2.27. The first kappa shape index (κ1) is 17.6. The summed E-state index contributed by atoms with van der Waals surface area (Å²) in [4.78, 5) is 0. The van der Waals surface area contributed by atoms with Gasteiger partial charge in [0, 0.05) is 12.0 Å². The summed E-state index contributed by atoms with van der Waals surface area (Å²) in [7, 11) is 0. The fourth-order valence-electron chi connectivity index (χ4n) is 2.07. The topological polar surface area (TPSA) is 49.7 Å². The van der Waals surface area contributed by atoms with E-state index in [9.17, 15) is 5.11 Å². The lowest BCUT2D eigenvalue weighted by Gasteiger charge is -2.10. The maximum atomic E-state index is 9.56. The van der Waals surface area contributed by atoms with E-state index in [4.69, 9.17) is 9.84 Å². The third kappa shape index (κ3) is 5.45. The van der Waals surface area contributed by atoms with Crippen LogP contribution in [0.5, 0.6) is 11.5 Å². The first-order chi connectivity index (χ1) is 11.7. The van der Waals surface area contributed by atoms with Crippen molar-refractivity contribution in [1.29, 1.82) is 0 Å². The van der Waals surface area contributed by atoms with Gasteiger partial charge in [0.15, 0.2) is 6.29 Å². The summed E-state index contributed by atoms with van der Waals surface area (Å²) < 4.78 is 5.12. The van der Waals surface area contributed by atoms with Crippen molar-refractivity contribution in [3.05, 3.63) is 84.9 Å². The maximum Gasteiger partial charge on any atom is 0.197 e. The summed E-state index contributed by atoms with van der Waals surface area (Å²) in [5.41, 5.74) is 1.92. The normalized spacial score (nSPS) is 11.1. The average molecular weight is 322 g/mol. The number of aliphatic hydroxyl groups is 1. The molecule has 124 valence electrons. The lowest BCUT2D eigenvalue weighted by Crippen LogP contribution is -2.13. The van der Waals surface area contributed by atoms with Crippen molar-refractivity contribution in [2.24, 2.45) is 0 Å². The number of aromatic hydroxyl groups is 1. The molecule has 0 spiro atoms. The summed E-state index contributed by atoms with van der Waals surface area (Å²) in [6.07, 6.45) is -0.0769. The Morgan fingerprint density at radius 1 is 0.792 bits per heavy atom. The number of rotatable bonds is 4. The van der Waals surface area contributed by atoms with Crippen LogP contribution in [0.4, 0.5) is 0 Å². The smallest absolute Gasteiger partial charge is 0.197 e. The zero-order valence-corrected chi connectivity index (χ0v) is 13.7. The highest BCUT2D eigenvalue weighted by atomic mass is 16.6. The number of benzene rings is 3. The minimum Gasteiger partial charge on any atom is -0.507 e. The minimum absolute atomic E-state index is 0.328. The molecular weight excluding hydrogens is 300 g/mol. The van der Waals surface area contributed by atoms with Gasteiger partial charge in [-0.25, -0.2) is 0 Å². The second-order valence-corrected chi connectivity index (χ2v) is 5.18. The Hall–Kier alpha value is -2.78. The van der Waals surface area contributed by atoms with Crippen LogP contribution in [0.15, 0.2) is 84.9 Å². The number of ether oxygens (including phenoxy) is 1. The quantitative estimate of drug-likeness (QED) is 0.675. The summed E-state index contributed by atoms with van der Waals surface area (Å²) in [6.45, 7) is 1.87. The number of phenols is 1. The van der Waals surface area contributed by atoms with Gasteiger partial charge in [-0.15, -0.1) is 0 Å². The van der Waals surface area contributed by atoms with Crippen molar-refractivity contribution in [1.82, 2.24) is 0 Å². The first-order valence-corrected chi connectivity index (χ1v) is 7.94. The van der Waals surface area contributed by atoms with Crippen LogP contribution in [0, 0.1) is 0 Å². The van der Waals surface area contributed by atoms with E-state index < -0.39 is 6.29 Å². The van der Waals surface area contributed by atoms with Crippen molar-refractivity contribution in [3.8, 4) is 22.6 Å². The Morgan fingerprint density at radius 3 is 1.92 bits per heavy atom. The summed E-state index contributed by atoms with van der Waals surface area (Å²) >= 11 is 0. The predicted octanol–water partition coefficient (Wildman–Crippen LogP) is 4.85. The molecule has 2 N–H and O–H groups in total. The molecule has 0 saturated carbocycles.